The van der Waals surface area contributed by atoms with Crippen LogP contribution in [0.25, 0.3) is 0 Å². The third-order valence-corrected chi connectivity index (χ3v) is 5.91. The zero-order valence-corrected chi connectivity index (χ0v) is 17.9. The minimum atomic E-state index is -0.679. The molecule has 162 valence electrons. The Bertz CT molecular complexity index is 1230. The summed E-state index contributed by atoms with van der Waals surface area (Å²) in [6, 6.07) is 8.10. The van der Waals surface area contributed by atoms with E-state index in [0.717, 1.165) is 18.6 Å². The van der Waals surface area contributed by atoms with Gasteiger partial charge in [-0.1, -0.05) is 13.0 Å². The summed E-state index contributed by atoms with van der Waals surface area (Å²) in [5.74, 6) is 0.812. The van der Waals surface area contributed by atoms with Crippen LogP contribution in [0.15, 0.2) is 44.3 Å². The third kappa shape index (κ3) is 3.58. The summed E-state index contributed by atoms with van der Waals surface area (Å²) in [5.41, 5.74) is -0.903. The van der Waals surface area contributed by atoms with E-state index < -0.39 is 10.9 Å². The van der Waals surface area contributed by atoms with Crippen molar-refractivity contribution in [2.75, 3.05) is 24.7 Å². The van der Waals surface area contributed by atoms with Crippen LogP contribution in [0.3, 0.4) is 0 Å². The lowest BCUT2D eigenvalue weighted by molar-refractivity contribution is 0.0824. The van der Waals surface area contributed by atoms with Gasteiger partial charge >= 0.3 is 0 Å². The van der Waals surface area contributed by atoms with Gasteiger partial charge in [0, 0.05) is 14.1 Å². The SMILES string of the molecule is Cc1ccc([C@H](Nc2c(Nc3cccc(C(=O)N(C)C)c3O)c(=O)c2=O)C2(C)CC2)o1. The van der Waals surface area contributed by atoms with Crippen molar-refractivity contribution in [2.45, 2.75) is 32.7 Å². The number of rotatable bonds is 7. The maximum Gasteiger partial charge on any atom is 0.257 e. The Labute approximate surface area is 179 Å². The molecule has 0 spiro atoms. The van der Waals surface area contributed by atoms with Crippen molar-refractivity contribution in [1.82, 2.24) is 4.90 Å². The van der Waals surface area contributed by atoms with Crippen LogP contribution in [0.1, 0.15) is 47.7 Å². The lowest BCUT2D eigenvalue weighted by atomic mass is 9.95. The Balaban J connectivity index is 1.65. The summed E-state index contributed by atoms with van der Waals surface area (Å²) in [6.07, 6.45) is 1.94. The fourth-order valence-corrected chi connectivity index (χ4v) is 3.67. The molecule has 1 aliphatic carbocycles. The molecule has 3 N–H and O–H groups in total. The number of anilines is 3. The van der Waals surface area contributed by atoms with Gasteiger partial charge in [-0.15, -0.1) is 0 Å². The smallest absolute Gasteiger partial charge is 0.257 e. The minimum absolute atomic E-state index is 0.0623. The summed E-state index contributed by atoms with van der Waals surface area (Å²) in [6.45, 7) is 3.95. The molecule has 0 saturated heterocycles. The Hall–Kier alpha value is -3.55. The van der Waals surface area contributed by atoms with E-state index in [1.54, 1.807) is 20.2 Å². The highest BCUT2D eigenvalue weighted by atomic mass is 16.3. The fraction of sp³-hybridized carbons (Fsp3) is 0.348. The molecule has 0 bridgehead atoms. The van der Waals surface area contributed by atoms with E-state index in [2.05, 4.69) is 17.6 Å². The Morgan fingerprint density at radius 2 is 1.81 bits per heavy atom. The average molecular weight is 423 g/mol. The lowest BCUT2D eigenvalue weighted by Crippen LogP contribution is -2.38. The maximum atomic E-state index is 12.4. The monoisotopic (exact) mass is 423 g/mol. The van der Waals surface area contributed by atoms with Crippen molar-refractivity contribution in [3.05, 3.63) is 67.9 Å². The fourth-order valence-electron chi connectivity index (χ4n) is 3.67. The molecule has 0 radical (unpaired) electrons. The van der Waals surface area contributed by atoms with Gasteiger partial charge in [0.05, 0.1) is 17.3 Å². The molecule has 31 heavy (non-hydrogen) atoms. The van der Waals surface area contributed by atoms with Crippen molar-refractivity contribution >= 4 is 23.0 Å². The van der Waals surface area contributed by atoms with Crippen molar-refractivity contribution in [1.29, 1.82) is 0 Å². The molecule has 0 unspecified atom stereocenters. The van der Waals surface area contributed by atoms with Gasteiger partial charge in [-0.3, -0.25) is 14.4 Å². The quantitative estimate of drug-likeness (QED) is 0.395. The molecule has 8 heteroatoms. The number of aryl methyl sites for hydroxylation is 1. The lowest BCUT2D eigenvalue weighted by Gasteiger charge is -2.26. The van der Waals surface area contributed by atoms with Crippen LogP contribution in [0, 0.1) is 12.3 Å². The van der Waals surface area contributed by atoms with Gasteiger partial charge in [0.1, 0.15) is 22.9 Å². The van der Waals surface area contributed by atoms with Crippen molar-refractivity contribution in [3.8, 4) is 5.75 Å². The molecule has 8 nitrogen and oxygen atoms in total. The van der Waals surface area contributed by atoms with E-state index in [1.807, 2.05) is 19.1 Å². The largest absolute Gasteiger partial charge is 0.505 e. The van der Waals surface area contributed by atoms with Gasteiger partial charge in [-0.05, 0) is 49.4 Å². The summed E-state index contributed by atoms with van der Waals surface area (Å²) < 4.78 is 5.80. The van der Waals surface area contributed by atoms with Crippen molar-refractivity contribution < 1.29 is 14.3 Å². The number of phenols is 1. The standard InChI is InChI=1S/C23H25N3O5/c1-12-8-9-15(31-12)21(23(2)10-11-23)25-17-16(19(28)20(17)29)24-14-7-5-6-13(18(14)27)22(30)26(3)4/h5-9,21,24-25,27H,10-11H2,1-4H3/t21-/m0/s1. The highest BCUT2D eigenvalue weighted by molar-refractivity contribution is 5.99. The molecule has 4 rings (SSSR count). The molecule has 1 heterocycles. The van der Waals surface area contributed by atoms with Crippen LogP contribution in [-0.2, 0) is 0 Å². The number of aromatic hydroxyl groups is 1. The molecule has 1 aliphatic rings. The number of benzene rings is 1. The molecule has 1 aromatic heterocycles. The number of amides is 1. The molecular weight excluding hydrogens is 398 g/mol. The number of phenolic OH excluding ortho intramolecular Hbond substituents is 1. The van der Waals surface area contributed by atoms with Crippen LogP contribution in [0.5, 0.6) is 5.75 Å². The van der Waals surface area contributed by atoms with Gasteiger partial charge in [0.15, 0.2) is 5.75 Å². The predicted molar refractivity (Wildman–Crippen MR) is 118 cm³/mol. The molecule has 3 aromatic rings. The summed E-state index contributed by atoms with van der Waals surface area (Å²) in [4.78, 5) is 38.3. The number of carbonyl (C=O) groups excluding carboxylic acids is 1. The first-order valence-corrected chi connectivity index (χ1v) is 10.1. The predicted octanol–water partition coefficient (Wildman–Crippen LogP) is 3.29. The van der Waals surface area contributed by atoms with E-state index in [-0.39, 0.29) is 45.7 Å². The molecule has 1 fully saturated rings. The van der Waals surface area contributed by atoms with E-state index in [1.165, 1.54) is 17.0 Å². The van der Waals surface area contributed by atoms with E-state index >= 15 is 0 Å². The summed E-state index contributed by atoms with van der Waals surface area (Å²) in [7, 11) is 3.16. The normalized spacial score (nSPS) is 15.5. The van der Waals surface area contributed by atoms with Crippen LogP contribution in [0.4, 0.5) is 17.1 Å². The number of carbonyl (C=O) groups is 1. The van der Waals surface area contributed by atoms with Crippen LogP contribution >= 0.6 is 0 Å². The highest BCUT2D eigenvalue weighted by Gasteiger charge is 2.48. The molecule has 1 saturated carbocycles. The zero-order chi connectivity index (χ0) is 22.5. The Morgan fingerprint density at radius 1 is 1.13 bits per heavy atom. The number of hydrogen-bond acceptors (Lipinski definition) is 7. The van der Waals surface area contributed by atoms with E-state index in [4.69, 9.17) is 4.42 Å². The second kappa shape index (κ2) is 7.30. The average Bonchev–Trinajstić information content (AvgIpc) is 3.34. The van der Waals surface area contributed by atoms with Crippen LogP contribution in [-0.4, -0.2) is 30.0 Å². The zero-order valence-electron chi connectivity index (χ0n) is 17.9. The number of hydrogen-bond donors (Lipinski definition) is 3. The number of furan rings is 1. The second-order valence-corrected chi connectivity index (χ2v) is 8.61. The highest BCUT2D eigenvalue weighted by Crippen LogP contribution is 2.56. The maximum absolute atomic E-state index is 12.4. The van der Waals surface area contributed by atoms with Gasteiger partial charge in [0.25, 0.3) is 16.8 Å². The molecule has 1 amide bonds. The second-order valence-electron chi connectivity index (χ2n) is 8.61. The van der Waals surface area contributed by atoms with E-state index in [9.17, 15) is 19.5 Å². The topological polar surface area (TPSA) is 112 Å². The molecule has 1 atom stereocenters. The molecule has 2 aromatic carbocycles. The first-order valence-electron chi connectivity index (χ1n) is 10.1. The van der Waals surface area contributed by atoms with Gasteiger partial charge < -0.3 is 25.1 Å². The first kappa shape index (κ1) is 20.7. The van der Waals surface area contributed by atoms with Gasteiger partial charge in [-0.25, -0.2) is 0 Å². The molecule has 0 aliphatic heterocycles. The third-order valence-electron chi connectivity index (χ3n) is 5.91. The Morgan fingerprint density at radius 3 is 2.39 bits per heavy atom. The minimum Gasteiger partial charge on any atom is -0.505 e. The van der Waals surface area contributed by atoms with Crippen LogP contribution < -0.4 is 21.5 Å². The summed E-state index contributed by atoms with van der Waals surface area (Å²) >= 11 is 0. The van der Waals surface area contributed by atoms with E-state index in [0.29, 0.717) is 5.76 Å². The number of nitrogens with one attached hydrogen (secondary N) is 2. The van der Waals surface area contributed by atoms with Crippen molar-refractivity contribution in [2.24, 2.45) is 5.41 Å². The van der Waals surface area contributed by atoms with Gasteiger partial charge in [0.2, 0.25) is 0 Å². The van der Waals surface area contributed by atoms with Crippen molar-refractivity contribution in [3.63, 3.8) is 0 Å². The number of nitrogens with zero attached hydrogens (tertiary/aromatic N) is 1. The first-order chi connectivity index (χ1) is 14.6. The Kier molecular flexibility index (Phi) is 4.88. The number of para-hydroxylation sites is 1. The molecular formula is C23H25N3O5. The summed E-state index contributed by atoms with van der Waals surface area (Å²) in [5, 5.41) is 16.6. The van der Waals surface area contributed by atoms with Gasteiger partial charge in [-0.2, -0.15) is 0 Å². The van der Waals surface area contributed by atoms with Crippen LogP contribution in [0.2, 0.25) is 0 Å².